The number of fused-ring (bicyclic) bond motifs is 1. The van der Waals surface area contributed by atoms with Crippen LogP contribution < -0.4 is 0 Å². The molecule has 0 N–H and O–H groups in total. The van der Waals surface area contributed by atoms with Gasteiger partial charge >= 0.3 is 0 Å². The van der Waals surface area contributed by atoms with Crippen molar-refractivity contribution in [3.8, 4) is 11.1 Å². The minimum Gasteiger partial charge on any atom is -0.381 e. The molecule has 1 aromatic carbocycles. The molecule has 0 atom stereocenters. The van der Waals surface area contributed by atoms with Crippen LogP contribution in [0.25, 0.3) is 21.9 Å². The molecule has 0 radical (unpaired) electrons. The third-order valence-electron chi connectivity index (χ3n) is 4.32. The highest BCUT2D eigenvalue weighted by Crippen LogP contribution is 2.34. The third kappa shape index (κ3) is 2.35. The second-order valence-corrected chi connectivity index (χ2v) is 5.63. The quantitative estimate of drug-likeness (QED) is 0.724. The van der Waals surface area contributed by atoms with Gasteiger partial charge in [0.05, 0.1) is 18.1 Å². The molecule has 1 fully saturated rings. The summed E-state index contributed by atoms with van der Waals surface area (Å²) in [5, 5.41) is 10.4. The van der Waals surface area contributed by atoms with Gasteiger partial charge in [0.1, 0.15) is 0 Å². The second kappa shape index (κ2) is 5.81. The van der Waals surface area contributed by atoms with E-state index in [-0.39, 0.29) is 0 Å². The molecule has 2 aromatic heterocycles. The molecule has 110 valence electrons. The molecule has 0 amide bonds. The fourth-order valence-corrected chi connectivity index (χ4v) is 3.16. The van der Waals surface area contributed by atoms with Gasteiger partial charge in [-0.1, -0.05) is 30.3 Å². The zero-order valence-electron chi connectivity index (χ0n) is 12.3. The summed E-state index contributed by atoms with van der Waals surface area (Å²) in [5.74, 6) is 0.449. The summed E-state index contributed by atoms with van der Waals surface area (Å²) in [7, 11) is 0. The van der Waals surface area contributed by atoms with Gasteiger partial charge in [0.2, 0.25) is 0 Å². The van der Waals surface area contributed by atoms with Crippen LogP contribution in [0.4, 0.5) is 0 Å². The lowest BCUT2D eigenvalue weighted by Gasteiger charge is -2.23. The lowest BCUT2D eigenvalue weighted by atomic mass is 9.91. The molecular weight excluding hydrogens is 274 g/mol. The molecule has 0 saturated carbocycles. The Bertz CT molecular complexity index is 783. The highest BCUT2D eigenvalue weighted by molar-refractivity contribution is 5.96. The molecule has 0 spiro atoms. The first kappa shape index (κ1) is 13.3. The molecule has 1 aliphatic heterocycles. The van der Waals surface area contributed by atoms with Crippen molar-refractivity contribution in [2.75, 3.05) is 13.2 Å². The van der Waals surface area contributed by atoms with E-state index in [4.69, 9.17) is 9.72 Å². The molecule has 4 heteroatoms. The Labute approximate surface area is 129 Å². The van der Waals surface area contributed by atoms with Gasteiger partial charge < -0.3 is 4.74 Å². The molecule has 0 aliphatic carbocycles. The zero-order valence-corrected chi connectivity index (χ0v) is 12.3. The summed E-state index contributed by atoms with van der Waals surface area (Å²) in [6.07, 6.45) is 7.72. The molecule has 22 heavy (non-hydrogen) atoms. The van der Waals surface area contributed by atoms with E-state index in [0.717, 1.165) is 53.6 Å². The minimum atomic E-state index is 0.449. The zero-order chi connectivity index (χ0) is 14.8. The number of rotatable bonds is 2. The minimum absolute atomic E-state index is 0.449. The number of pyridine rings is 1. The molecule has 0 unspecified atom stereocenters. The van der Waals surface area contributed by atoms with Crippen LogP contribution in [0.15, 0.2) is 48.9 Å². The molecular formula is C18H17N3O. The Kier molecular flexibility index (Phi) is 3.52. The SMILES string of the molecule is c1ccc(-c2cnc(C3CCOCC3)c3cnncc23)cc1. The predicted molar refractivity (Wildman–Crippen MR) is 85.6 cm³/mol. The fourth-order valence-electron chi connectivity index (χ4n) is 3.16. The van der Waals surface area contributed by atoms with Crippen molar-refractivity contribution in [3.05, 3.63) is 54.6 Å². The van der Waals surface area contributed by atoms with Crippen molar-refractivity contribution in [2.45, 2.75) is 18.8 Å². The molecule has 3 heterocycles. The van der Waals surface area contributed by atoms with Crippen LogP contribution in [-0.2, 0) is 4.74 Å². The number of aromatic nitrogens is 3. The molecule has 1 saturated heterocycles. The monoisotopic (exact) mass is 291 g/mol. The summed E-state index contributed by atoms with van der Waals surface area (Å²) in [6, 6.07) is 10.3. The van der Waals surface area contributed by atoms with Gasteiger partial charge in [-0.3, -0.25) is 4.98 Å². The van der Waals surface area contributed by atoms with Crippen LogP contribution in [0.1, 0.15) is 24.5 Å². The summed E-state index contributed by atoms with van der Waals surface area (Å²) < 4.78 is 5.47. The highest BCUT2D eigenvalue weighted by atomic mass is 16.5. The first-order valence-corrected chi connectivity index (χ1v) is 7.66. The molecule has 4 nitrogen and oxygen atoms in total. The van der Waals surface area contributed by atoms with E-state index in [1.165, 1.54) is 0 Å². The maximum absolute atomic E-state index is 5.47. The molecule has 4 rings (SSSR count). The maximum atomic E-state index is 5.47. The maximum Gasteiger partial charge on any atom is 0.0593 e. The van der Waals surface area contributed by atoms with E-state index in [1.54, 1.807) is 0 Å². The van der Waals surface area contributed by atoms with Gasteiger partial charge in [0, 0.05) is 41.7 Å². The lowest BCUT2D eigenvalue weighted by molar-refractivity contribution is 0.0848. The highest BCUT2D eigenvalue weighted by Gasteiger charge is 2.21. The average molecular weight is 291 g/mol. The van der Waals surface area contributed by atoms with Crippen molar-refractivity contribution < 1.29 is 4.74 Å². The van der Waals surface area contributed by atoms with Crippen LogP contribution in [0, 0.1) is 0 Å². The Balaban J connectivity index is 1.88. The fraction of sp³-hybridized carbons (Fsp3) is 0.278. The van der Waals surface area contributed by atoms with Crippen LogP contribution in [-0.4, -0.2) is 28.4 Å². The Morgan fingerprint density at radius 2 is 1.59 bits per heavy atom. The van der Waals surface area contributed by atoms with E-state index < -0.39 is 0 Å². The van der Waals surface area contributed by atoms with E-state index in [9.17, 15) is 0 Å². The topological polar surface area (TPSA) is 47.9 Å². The molecule has 1 aliphatic rings. The number of hydrogen-bond donors (Lipinski definition) is 0. The summed E-state index contributed by atoms with van der Waals surface area (Å²) in [6.45, 7) is 1.62. The first-order valence-electron chi connectivity index (χ1n) is 7.66. The van der Waals surface area contributed by atoms with Crippen molar-refractivity contribution in [3.63, 3.8) is 0 Å². The van der Waals surface area contributed by atoms with E-state index in [0.29, 0.717) is 5.92 Å². The van der Waals surface area contributed by atoms with Crippen molar-refractivity contribution in [2.24, 2.45) is 0 Å². The Hall–Kier alpha value is -2.33. The average Bonchev–Trinajstić information content (AvgIpc) is 2.62. The van der Waals surface area contributed by atoms with E-state index in [2.05, 4.69) is 22.3 Å². The van der Waals surface area contributed by atoms with Crippen LogP contribution >= 0.6 is 0 Å². The van der Waals surface area contributed by atoms with Crippen molar-refractivity contribution >= 4 is 10.8 Å². The smallest absolute Gasteiger partial charge is 0.0593 e. The van der Waals surface area contributed by atoms with Gasteiger partial charge in [-0.05, 0) is 18.4 Å². The van der Waals surface area contributed by atoms with Gasteiger partial charge in [-0.15, -0.1) is 0 Å². The van der Waals surface area contributed by atoms with E-state index in [1.807, 2.05) is 36.8 Å². The Morgan fingerprint density at radius 1 is 0.864 bits per heavy atom. The number of benzene rings is 1. The third-order valence-corrected chi connectivity index (χ3v) is 4.32. The van der Waals surface area contributed by atoms with Crippen molar-refractivity contribution in [1.29, 1.82) is 0 Å². The first-order chi connectivity index (χ1) is 10.9. The predicted octanol–water partition coefficient (Wildman–Crippen LogP) is 3.59. The Morgan fingerprint density at radius 3 is 2.36 bits per heavy atom. The van der Waals surface area contributed by atoms with Gasteiger partial charge in [0.15, 0.2) is 0 Å². The summed E-state index contributed by atoms with van der Waals surface area (Å²) in [5.41, 5.74) is 3.40. The number of hydrogen-bond acceptors (Lipinski definition) is 4. The van der Waals surface area contributed by atoms with Gasteiger partial charge in [-0.2, -0.15) is 10.2 Å². The van der Waals surface area contributed by atoms with Crippen LogP contribution in [0.3, 0.4) is 0 Å². The van der Waals surface area contributed by atoms with Gasteiger partial charge in [0.25, 0.3) is 0 Å². The second-order valence-electron chi connectivity index (χ2n) is 5.63. The summed E-state index contributed by atoms with van der Waals surface area (Å²) >= 11 is 0. The van der Waals surface area contributed by atoms with Crippen molar-refractivity contribution in [1.82, 2.24) is 15.2 Å². The lowest BCUT2D eigenvalue weighted by Crippen LogP contribution is -2.15. The molecule has 0 bridgehead atoms. The van der Waals surface area contributed by atoms with Crippen LogP contribution in [0.5, 0.6) is 0 Å². The molecule has 3 aromatic rings. The number of ether oxygens (including phenoxy) is 1. The van der Waals surface area contributed by atoms with E-state index >= 15 is 0 Å². The largest absolute Gasteiger partial charge is 0.381 e. The van der Waals surface area contributed by atoms with Crippen LogP contribution in [0.2, 0.25) is 0 Å². The normalized spacial score (nSPS) is 16.0. The van der Waals surface area contributed by atoms with Gasteiger partial charge in [-0.25, -0.2) is 0 Å². The number of nitrogens with zero attached hydrogens (tertiary/aromatic N) is 3. The standard InChI is InChI=1S/C18H17N3O/c1-2-4-13(5-3-1)15-10-19-18(14-6-8-22-9-7-14)17-12-21-20-11-16(15)17/h1-5,10-12,14H,6-9H2. The summed E-state index contributed by atoms with van der Waals surface area (Å²) in [4.78, 5) is 4.78.